The Bertz CT molecular complexity index is 217. The fourth-order valence-corrected chi connectivity index (χ4v) is 1.54. The summed E-state index contributed by atoms with van der Waals surface area (Å²) in [6, 6.07) is -0.611. The number of rotatable bonds is 9. The zero-order valence-corrected chi connectivity index (χ0v) is 10.4. The summed E-state index contributed by atoms with van der Waals surface area (Å²) in [6.07, 6.45) is 3.46. The van der Waals surface area contributed by atoms with Crippen LogP contribution in [0.3, 0.4) is 0 Å². The van der Waals surface area contributed by atoms with Crippen LogP contribution in [0.15, 0.2) is 0 Å². The maximum atomic E-state index is 11.6. The molecule has 100 valence electrons. The third-order valence-electron chi connectivity index (χ3n) is 2.59. The Morgan fingerprint density at radius 2 is 2.00 bits per heavy atom. The summed E-state index contributed by atoms with van der Waals surface area (Å²) < 4.78 is 0. The molecule has 2 atom stereocenters. The van der Waals surface area contributed by atoms with Crippen molar-refractivity contribution in [2.75, 3.05) is 6.54 Å². The van der Waals surface area contributed by atoms with Gasteiger partial charge in [-0.05, 0) is 25.8 Å². The van der Waals surface area contributed by atoms with Gasteiger partial charge < -0.3 is 26.8 Å². The third-order valence-corrected chi connectivity index (χ3v) is 2.59. The lowest BCUT2D eigenvalue weighted by molar-refractivity contribution is -0.123. The van der Waals surface area contributed by atoms with E-state index in [9.17, 15) is 4.79 Å². The minimum Gasteiger partial charge on any atom is -0.426 e. The van der Waals surface area contributed by atoms with E-state index in [0.717, 1.165) is 19.3 Å². The average molecular weight is 245 g/mol. The van der Waals surface area contributed by atoms with Crippen LogP contribution in [-0.2, 0) is 4.79 Å². The largest absolute Gasteiger partial charge is 0.475 e. The predicted octanol–water partition coefficient (Wildman–Crippen LogP) is -1.26. The lowest BCUT2D eigenvalue weighted by Crippen LogP contribution is -2.51. The van der Waals surface area contributed by atoms with Crippen LogP contribution in [0.5, 0.6) is 0 Å². The Balaban J connectivity index is 4.02. The smallest absolute Gasteiger partial charge is 0.426 e. The summed E-state index contributed by atoms with van der Waals surface area (Å²) in [5, 5.41) is 20.7. The topological polar surface area (TPSA) is 122 Å². The van der Waals surface area contributed by atoms with Crippen molar-refractivity contribution in [1.29, 1.82) is 0 Å². The van der Waals surface area contributed by atoms with Crippen LogP contribution < -0.4 is 16.8 Å². The second-order valence-corrected chi connectivity index (χ2v) is 4.21. The molecule has 7 heteroatoms. The molecule has 0 bridgehead atoms. The van der Waals surface area contributed by atoms with Gasteiger partial charge in [0.15, 0.2) is 0 Å². The first-order chi connectivity index (χ1) is 8.02. The molecule has 0 aliphatic carbocycles. The minimum absolute atomic E-state index is 0.339. The van der Waals surface area contributed by atoms with Crippen molar-refractivity contribution < 1.29 is 14.8 Å². The SMILES string of the molecule is CCC[C@H](NC(=O)[C@@H](N)CCCCN)B(O)O. The van der Waals surface area contributed by atoms with Crippen molar-refractivity contribution in [3.05, 3.63) is 0 Å². The first-order valence-electron chi connectivity index (χ1n) is 6.15. The normalized spacial score (nSPS) is 14.2. The maximum absolute atomic E-state index is 11.6. The highest BCUT2D eigenvalue weighted by Crippen LogP contribution is 2.02. The van der Waals surface area contributed by atoms with Gasteiger partial charge in [-0.1, -0.05) is 19.8 Å². The summed E-state index contributed by atoms with van der Waals surface area (Å²) in [5.74, 6) is -0.985. The van der Waals surface area contributed by atoms with Crippen LogP contribution in [0.2, 0.25) is 0 Å². The highest BCUT2D eigenvalue weighted by atomic mass is 16.4. The van der Waals surface area contributed by atoms with Gasteiger partial charge >= 0.3 is 7.12 Å². The molecule has 0 saturated carbocycles. The lowest BCUT2D eigenvalue weighted by atomic mass is 9.76. The number of nitrogens with one attached hydrogen (secondary N) is 1. The molecule has 0 rings (SSSR count). The van der Waals surface area contributed by atoms with E-state index in [0.29, 0.717) is 19.4 Å². The minimum atomic E-state index is -1.55. The van der Waals surface area contributed by atoms with E-state index in [4.69, 9.17) is 21.5 Å². The fraction of sp³-hybridized carbons (Fsp3) is 0.900. The Hall–Kier alpha value is -0.625. The molecule has 0 saturated heterocycles. The number of carbonyl (C=O) groups is 1. The van der Waals surface area contributed by atoms with Gasteiger partial charge in [-0.3, -0.25) is 4.79 Å². The van der Waals surface area contributed by atoms with Crippen molar-refractivity contribution in [2.45, 2.75) is 51.0 Å². The molecule has 17 heavy (non-hydrogen) atoms. The van der Waals surface area contributed by atoms with Gasteiger partial charge in [0.25, 0.3) is 0 Å². The van der Waals surface area contributed by atoms with Gasteiger partial charge in [0.1, 0.15) is 0 Å². The standard InChI is InChI=1S/C10H24BN3O3/c1-2-5-9(11(16)17)14-10(15)8(13)6-3-4-7-12/h8-9,16-17H,2-7,12-13H2,1H3,(H,14,15)/t8-,9-/m0/s1. The second kappa shape index (κ2) is 9.41. The van der Waals surface area contributed by atoms with E-state index in [2.05, 4.69) is 5.32 Å². The molecule has 0 spiro atoms. The number of amides is 1. The molecule has 0 aromatic heterocycles. The molecule has 0 aromatic carbocycles. The zero-order chi connectivity index (χ0) is 13.3. The van der Waals surface area contributed by atoms with E-state index in [-0.39, 0.29) is 5.91 Å². The molecule has 0 aromatic rings. The van der Waals surface area contributed by atoms with Crippen LogP contribution in [-0.4, -0.2) is 41.6 Å². The highest BCUT2D eigenvalue weighted by molar-refractivity contribution is 6.43. The van der Waals surface area contributed by atoms with Crippen LogP contribution >= 0.6 is 0 Å². The summed E-state index contributed by atoms with van der Waals surface area (Å²) in [7, 11) is -1.55. The number of hydrogen-bond acceptors (Lipinski definition) is 5. The summed E-state index contributed by atoms with van der Waals surface area (Å²) >= 11 is 0. The van der Waals surface area contributed by atoms with E-state index in [1.165, 1.54) is 0 Å². The molecular formula is C10H24BN3O3. The van der Waals surface area contributed by atoms with E-state index < -0.39 is 19.1 Å². The molecule has 0 aliphatic heterocycles. The Morgan fingerprint density at radius 1 is 1.35 bits per heavy atom. The van der Waals surface area contributed by atoms with Gasteiger partial charge in [-0.2, -0.15) is 0 Å². The van der Waals surface area contributed by atoms with Crippen LogP contribution in [0.1, 0.15) is 39.0 Å². The Labute approximate surface area is 103 Å². The second-order valence-electron chi connectivity index (χ2n) is 4.21. The van der Waals surface area contributed by atoms with Crippen molar-refractivity contribution in [3.8, 4) is 0 Å². The molecular weight excluding hydrogens is 221 g/mol. The molecule has 0 aliphatic rings. The van der Waals surface area contributed by atoms with Gasteiger partial charge in [0, 0.05) is 0 Å². The average Bonchev–Trinajstić information content (AvgIpc) is 2.28. The van der Waals surface area contributed by atoms with E-state index in [1.54, 1.807) is 0 Å². The van der Waals surface area contributed by atoms with Crippen LogP contribution in [0.4, 0.5) is 0 Å². The lowest BCUT2D eigenvalue weighted by Gasteiger charge is -2.19. The van der Waals surface area contributed by atoms with Crippen LogP contribution in [0, 0.1) is 0 Å². The Kier molecular flexibility index (Phi) is 9.06. The number of nitrogens with two attached hydrogens (primary N) is 2. The van der Waals surface area contributed by atoms with Gasteiger partial charge in [0.2, 0.25) is 5.91 Å². The van der Waals surface area contributed by atoms with Gasteiger partial charge in [-0.25, -0.2) is 0 Å². The summed E-state index contributed by atoms with van der Waals surface area (Å²) in [5.41, 5.74) is 11.0. The molecule has 0 fully saturated rings. The highest BCUT2D eigenvalue weighted by Gasteiger charge is 2.26. The number of unbranched alkanes of at least 4 members (excludes halogenated alkanes) is 1. The van der Waals surface area contributed by atoms with Crippen molar-refractivity contribution in [3.63, 3.8) is 0 Å². The van der Waals surface area contributed by atoms with Gasteiger partial charge in [-0.15, -0.1) is 0 Å². The van der Waals surface area contributed by atoms with Crippen molar-refractivity contribution in [2.24, 2.45) is 11.5 Å². The monoisotopic (exact) mass is 245 g/mol. The van der Waals surface area contributed by atoms with Gasteiger partial charge in [0.05, 0.1) is 12.0 Å². The summed E-state index contributed by atoms with van der Waals surface area (Å²) in [4.78, 5) is 11.6. The molecule has 1 amide bonds. The predicted molar refractivity (Wildman–Crippen MR) is 67.9 cm³/mol. The zero-order valence-electron chi connectivity index (χ0n) is 10.4. The molecule has 7 N–H and O–H groups in total. The van der Waals surface area contributed by atoms with E-state index in [1.807, 2.05) is 6.92 Å². The number of carbonyl (C=O) groups excluding carboxylic acids is 1. The first kappa shape index (κ1) is 16.4. The van der Waals surface area contributed by atoms with Crippen LogP contribution in [0.25, 0.3) is 0 Å². The maximum Gasteiger partial charge on any atom is 0.475 e. The quantitative estimate of drug-likeness (QED) is 0.256. The molecule has 0 radical (unpaired) electrons. The third kappa shape index (κ3) is 7.33. The van der Waals surface area contributed by atoms with E-state index >= 15 is 0 Å². The molecule has 0 heterocycles. The molecule has 6 nitrogen and oxygen atoms in total. The number of hydrogen-bond donors (Lipinski definition) is 5. The van der Waals surface area contributed by atoms with Crippen molar-refractivity contribution >= 4 is 13.0 Å². The first-order valence-corrected chi connectivity index (χ1v) is 6.15. The molecule has 0 unspecified atom stereocenters. The Morgan fingerprint density at radius 3 is 2.47 bits per heavy atom. The van der Waals surface area contributed by atoms with Crippen molar-refractivity contribution in [1.82, 2.24) is 5.32 Å². The summed E-state index contributed by atoms with van der Waals surface area (Å²) in [6.45, 7) is 2.49. The fourth-order valence-electron chi connectivity index (χ4n) is 1.54.